The third-order valence-corrected chi connectivity index (χ3v) is 2.40. The van der Waals surface area contributed by atoms with Gasteiger partial charge in [-0.3, -0.25) is 14.5 Å². The minimum absolute atomic E-state index is 0.0184. The number of rotatable bonds is 8. The molecule has 1 amide bonds. The Hall–Kier alpha value is -1.92. The highest BCUT2D eigenvalue weighted by Crippen LogP contribution is 2.04. The van der Waals surface area contributed by atoms with Crippen LogP contribution in [0.2, 0.25) is 0 Å². The molecule has 104 valence electrons. The smallest absolute Gasteiger partial charge is 0.317 e. The van der Waals surface area contributed by atoms with E-state index in [1.54, 1.807) is 12.1 Å². The van der Waals surface area contributed by atoms with Gasteiger partial charge < -0.3 is 15.2 Å². The molecule has 0 aliphatic heterocycles. The number of hydrogen-bond acceptors (Lipinski definition) is 4. The Morgan fingerprint density at radius 1 is 1.26 bits per heavy atom. The van der Waals surface area contributed by atoms with Gasteiger partial charge in [0.05, 0.1) is 19.7 Å². The number of carbonyl (C=O) groups is 2. The van der Waals surface area contributed by atoms with Crippen LogP contribution in [0, 0.1) is 0 Å². The van der Waals surface area contributed by atoms with Gasteiger partial charge in [0, 0.05) is 19.3 Å². The van der Waals surface area contributed by atoms with Crippen molar-refractivity contribution in [1.82, 2.24) is 4.90 Å². The van der Waals surface area contributed by atoms with E-state index in [2.05, 4.69) is 5.32 Å². The number of aliphatic carboxylic acids is 1. The number of anilines is 1. The quantitative estimate of drug-likeness (QED) is 0.722. The summed E-state index contributed by atoms with van der Waals surface area (Å²) in [5.41, 5.74) is 0.689. The van der Waals surface area contributed by atoms with Crippen LogP contribution >= 0.6 is 0 Å². The zero-order valence-electron chi connectivity index (χ0n) is 10.8. The number of amides is 1. The molecular weight excluding hydrogens is 248 g/mol. The van der Waals surface area contributed by atoms with Gasteiger partial charge in [-0.15, -0.1) is 0 Å². The fourth-order valence-electron chi connectivity index (χ4n) is 1.55. The molecule has 0 aliphatic rings. The summed E-state index contributed by atoms with van der Waals surface area (Å²) in [6, 6.07) is 9.03. The van der Waals surface area contributed by atoms with Crippen molar-refractivity contribution in [2.45, 2.75) is 0 Å². The third-order valence-electron chi connectivity index (χ3n) is 2.40. The predicted molar refractivity (Wildman–Crippen MR) is 71.0 cm³/mol. The molecule has 0 bridgehead atoms. The number of carboxylic acid groups (broad SMARTS) is 1. The Morgan fingerprint density at radius 2 is 1.95 bits per heavy atom. The van der Waals surface area contributed by atoms with E-state index in [0.29, 0.717) is 18.8 Å². The molecule has 0 fully saturated rings. The molecule has 0 radical (unpaired) electrons. The van der Waals surface area contributed by atoms with Crippen molar-refractivity contribution < 1.29 is 19.4 Å². The van der Waals surface area contributed by atoms with Crippen LogP contribution in [0.25, 0.3) is 0 Å². The van der Waals surface area contributed by atoms with Crippen molar-refractivity contribution in [1.29, 1.82) is 0 Å². The number of methoxy groups -OCH3 is 1. The summed E-state index contributed by atoms with van der Waals surface area (Å²) in [5, 5.41) is 11.5. The van der Waals surface area contributed by atoms with Gasteiger partial charge >= 0.3 is 5.97 Å². The van der Waals surface area contributed by atoms with Crippen molar-refractivity contribution in [3.05, 3.63) is 30.3 Å². The Balaban J connectivity index is 2.48. The van der Waals surface area contributed by atoms with Crippen LogP contribution in [0.5, 0.6) is 0 Å². The molecule has 0 unspecified atom stereocenters. The van der Waals surface area contributed by atoms with Crippen LogP contribution in [-0.2, 0) is 14.3 Å². The topological polar surface area (TPSA) is 78.9 Å². The molecule has 0 spiro atoms. The lowest BCUT2D eigenvalue weighted by molar-refractivity contribution is -0.138. The van der Waals surface area contributed by atoms with Crippen LogP contribution < -0.4 is 5.32 Å². The summed E-state index contributed by atoms with van der Waals surface area (Å²) in [6.07, 6.45) is 0. The predicted octanol–water partition coefficient (Wildman–Crippen LogP) is 0.658. The first-order valence-electron chi connectivity index (χ1n) is 5.90. The molecule has 0 heterocycles. The number of nitrogens with zero attached hydrogens (tertiary/aromatic N) is 1. The molecule has 6 nitrogen and oxygen atoms in total. The van der Waals surface area contributed by atoms with Crippen molar-refractivity contribution in [3.8, 4) is 0 Å². The van der Waals surface area contributed by atoms with E-state index >= 15 is 0 Å². The number of para-hydroxylation sites is 1. The molecule has 2 N–H and O–H groups in total. The molecular formula is C13H18N2O4. The van der Waals surface area contributed by atoms with Crippen molar-refractivity contribution in [2.24, 2.45) is 0 Å². The average Bonchev–Trinajstić information content (AvgIpc) is 2.36. The second-order valence-corrected chi connectivity index (χ2v) is 4.01. The minimum Gasteiger partial charge on any atom is -0.480 e. The number of carbonyl (C=O) groups excluding carboxylic acids is 1. The van der Waals surface area contributed by atoms with E-state index in [9.17, 15) is 9.59 Å². The van der Waals surface area contributed by atoms with Crippen LogP contribution in [0.4, 0.5) is 5.69 Å². The minimum atomic E-state index is -0.969. The van der Waals surface area contributed by atoms with Gasteiger partial charge in [-0.2, -0.15) is 0 Å². The van der Waals surface area contributed by atoms with Gasteiger partial charge in [0.15, 0.2) is 0 Å². The maximum Gasteiger partial charge on any atom is 0.317 e. The monoisotopic (exact) mass is 266 g/mol. The highest BCUT2D eigenvalue weighted by molar-refractivity contribution is 5.92. The fourth-order valence-corrected chi connectivity index (χ4v) is 1.55. The lowest BCUT2D eigenvalue weighted by Crippen LogP contribution is -2.38. The zero-order valence-corrected chi connectivity index (χ0v) is 10.8. The standard InChI is InChI=1S/C13H18N2O4/c1-19-8-7-15(10-13(17)18)9-12(16)14-11-5-3-2-4-6-11/h2-6H,7-10H2,1H3,(H,14,16)(H,17,18). The van der Waals surface area contributed by atoms with E-state index in [-0.39, 0.29) is 19.0 Å². The van der Waals surface area contributed by atoms with Crippen LogP contribution in [0.15, 0.2) is 30.3 Å². The van der Waals surface area contributed by atoms with Crippen LogP contribution in [-0.4, -0.2) is 55.2 Å². The molecule has 6 heteroatoms. The zero-order chi connectivity index (χ0) is 14.1. The van der Waals surface area contributed by atoms with E-state index < -0.39 is 5.97 Å². The highest BCUT2D eigenvalue weighted by atomic mass is 16.5. The van der Waals surface area contributed by atoms with Gasteiger partial charge in [0.1, 0.15) is 0 Å². The van der Waals surface area contributed by atoms with Crippen molar-refractivity contribution >= 4 is 17.6 Å². The molecule has 1 rings (SSSR count). The molecule has 1 aromatic carbocycles. The first-order valence-corrected chi connectivity index (χ1v) is 5.90. The van der Waals surface area contributed by atoms with Crippen molar-refractivity contribution in [2.75, 3.05) is 38.7 Å². The molecule has 0 aliphatic carbocycles. The van der Waals surface area contributed by atoms with Gasteiger partial charge in [0.25, 0.3) is 0 Å². The largest absolute Gasteiger partial charge is 0.480 e. The summed E-state index contributed by atoms with van der Waals surface area (Å²) in [4.78, 5) is 24.0. The number of benzene rings is 1. The van der Waals surface area contributed by atoms with Crippen LogP contribution in [0.1, 0.15) is 0 Å². The first kappa shape index (κ1) is 15.1. The van der Waals surface area contributed by atoms with Crippen molar-refractivity contribution in [3.63, 3.8) is 0 Å². The van der Waals surface area contributed by atoms with E-state index in [0.717, 1.165) is 0 Å². The van der Waals surface area contributed by atoms with E-state index in [1.807, 2.05) is 18.2 Å². The second kappa shape index (κ2) is 8.23. The Kier molecular flexibility index (Phi) is 6.56. The maximum absolute atomic E-state index is 11.8. The fraction of sp³-hybridized carbons (Fsp3) is 0.385. The summed E-state index contributed by atoms with van der Waals surface area (Å²) >= 11 is 0. The highest BCUT2D eigenvalue weighted by Gasteiger charge is 2.13. The normalized spacial score (nSPS) is 10.4. The molecule has 0 atom stereocenters. The lowest BCUT2D eigenvalue weighted by Gasteiger charge is -2.19. The summed E-state index contributed by atoms with van der Waals surface area (Å²) in [6.45, 7) is 0.604. The van der Waals surface area contributed by atoms with Gasteiger partial charge in [-0.25, -0.2) is 0 Å². The Bertz CT molecular complexity index is 408. The first-order chi connectivity index (χ1) is 9.11. The number of hydrogen-bond donors (Lipinski definition) is 2. The van der Waals surface area contributed by atoms with E-state index in [1.165, 1.54) is 12.0 Å². The average molecular weight is 266 g/mol. The second-order valence-electron chi connectivity index (χ2n) is 4.01. The number of carboxylic acids is 1. The SMILES string of the molecule is COCCN(CC(=O)O)CC(=O)Nc1ccccc1. The number of ether oxygens (including phenoxy) is 1. The van der Waals surface area contributed by atoms with Gasteiger partial charge in [-0.1, -0.05) is 18.2 Å². The lowest BCUT2D eigenvalue weighted by atomic mass is 10.3. The summed E-state index contributed by atoms with van der Waals surface area (Å²) < 4.78 is 4.89. The van der Waals surface area contributed by atoms with Gasteiger partial charge in [0.2, 0.25) is 5.91 Å². The Morgan fingerprint density at radius 3 is 2.53 bits per heavy atom. The van der Waals surface area contributed by atoms with Crippen LogP contribution in [0.3, 0.4) is 0 Å². The summed E-state index contributed by atoms with van der Waals surface area (Å²) in [7, 11) is 1.53. The molecule has 0 saturated heterocycles. The molecule has 1 aromatic rings. The van der Waals surface area contributed by atoms with E-state index in [4.69, 9.17) is 9.84 Å². The third kappa shape index (κ3) is 6.54. The summed E-state index contributed by atoms with van der Waals surface area (Å²) in [5.74, 6) is -1.22. The Labute approximate surface area is 112 Å². The van der Waals surface area contributed by atoms with Gasteiger partial charge in [-0.05, 0) is 12.1 Å². The molecule has 19 heavy (non-hydrogen) atoms. The molecule has 0 aromatic heterocycles. The maximum atomic E-state index is 11.8. The molecule has 0 saturated carbocycles. The number of nitrogens with one attached hydrogen (secondary N) is 1.